The summed E-state index contributed by atoms with van der Waals surface area (Å²) < 4.78 is 27.5. The third kappa shape index (κ3) is 7.67. The van der Waals surface area contributed by atoms with E-state index in [4.69, 9.17) is 35.3 Å². The van der Waals surface area contributed by atoms with Gasteiger partial charge >= 0.3 is 17.9 Å². The maximum absolute atomic E-state index is 12.0. The summed E-state index contributed by atoms with van der Waals surface area (Å²) in [6.07, 6.45) is -5.34. The highest BCUT2D eigenvalue weighted by atomic mass is 35.5. The van der Waals surface area contributed by atoms with Gasteiger partial charge in [0.15, 0.2) is 12.2 Å². The van der Waals surface area contributed by atoms with Crippen molar-refractivity contribution in [2.24, 2.45) is 0 Å². The molecule has 2 aromatic carbocycles. The number of carbonyl (C=O) groups excluding carboxylic acids is 3. The Bertz CT molecular complexity index is 1100. The van der Waals surface area contributed by atoms with Gasteiger partial charge in [-0.3, -0.25) is 14.4 Å². The van der Waals surface area contributed by atoms with Crippen LogP contribution in [0.2, 0.25) is 5.02 Å². The number of hydrogen-bond acceptors (Lipinski definition) is 9. The van der Waals surface area contributed by atoms with Crippen molar-refractivity contribution >= 4 is 29.5 Å². The van der Waals surface area contributed by atoms with Crippen LogP contribution in [0.3, 0.4) is 0 Å². The summed E-state index contributed by atoms with van der Waals surface area (Å²) in [4.78, 5) is 35.2. The molecule has 5 atom stereocenters. The lowest BCUT2D eigenvalue weighted by atomic mass is 9.89. The summed E-state index contributed by atoms with van der Waals surface area (Å²) in [7, 11) is 0. The molecule has 1 aliphatic rings. The predicted octanol–water partition coefficient (Wildman–Crippen LogP) is 3.56. The van der Waals surface area contributed by atoms with Gasteiger partial charge in [-0.2, -0.15) is 0 Å². The molecule has 0 saturated carbocycles. The predicted molar refractivity (Wildman–Crippen MR) is 133 cm³/mol. The van der Waals surface area contributed by atoms with Gasteiger partial charge in [0.05, 0.1) is 6.61 Å². The number of ether oxygens (including phenoxy) is 5. The van der Waals surface area contributed by atoms with E-state index < -0.39 is 48.4 Å². The number of aliphatic hydroxyl groups excluding tert-OH is 1. The summed E-state index contributed by atoms with van der Waals surface area (Å²) in [6, 6.07) is 12.8. The summed E-state index contributed by atoms with van der Waals surface area (Å²) in [6.45, 7) is 5.81. The second kappa shape index (κ2) is 12.9. The van der Waals surface area contributed by atoms with Gasteiger partial charge < -0.3 is 28.8 Å². The molecule has 2 aromatic rings. The van der Waals surface area contributed by atoms with Crippen molar-refractivity contribution in [1.82, 2.24) is 0 Å². The summed E-state index contributed by atoms with van der Waals surface area (Å²) >= 11 is 6.50. The fraction of sp³-hybridized carbons (Fsp3) is 0.444. The van der Waals surface area contributed by atoms with Crippen LogP contribution >= 0.6 is 11.6 Å². The quantitative estimate of drug-likeness (QED) is 0.380. The lowest BCUT2D eigenvalue weighted by Crippen LogP contribution is -2.58. The Morgan fingerprint density at radius 2 is 1.59 bits per heavy atom. The Hall–Kier alpha value is -3.14. The molecule has 10 heteroatoms. The van der Waals surface area contributed by atoms with Crippen molar-refractivity contribution in [1.29, 1.82) is 0 Å². The number of rotatable bonds is 9. The number of benzene rings is 2. The van der Waals surface area contributed by atoms with E-state index in [9.17, 15) is 19.5 Å². The Morgan fingerprint density at radius 3 is 2.19 bits per heavy atom. The highest BCUT2D eigenvalue weighted by Gasteiger charge is 2.50. The van der Waals surface area contributed by atoms with Gasteiger partial charge in [-0.15, -0.1) is 0 Å². The van der Waals surface area contributed by atoms with E-state index in [1.807, 2.05) is 37.3 Å². The fourth-order valence-corrected chi connectivity index (χ4v) is 4.36. The minimum atomic E-state index is -1.42. The van der Waals surface area contributed by atoms with Crippen molar-refractivity contribution in [3.05, 3.63) is 64.2 Å². The maximum Gasteiger partial charge on any atom is 0.303 e. The minimum absolute atomic E-state index is 0.288. The van der Waals surface area contributed by atoms with E-state index >= 15 is 0 Å². The molecule has 0 unspecified atom stereocenters. The highest BCUT2D eigenvalue weighted by molar-refractivity contribution is 6.31. The number of halogens is 1. The van der Waals surface area contributed by atoms with Crippen LogP contribution in [0.5, 0.6) is 5.75 Å². The van der Waals surface area contributed by atoms with E-state index in [-0.39, 0.29) is 6.61 Å². The SMILES string of the molecule is CCOc1ccc(Cc2cc([C@@H]3O[C@H](COC(C)=O)[C@@H](O)[C@H](OC(C)=O)[C@H]3OC(C)=O)ccc2Cl)cc1. The lowest BCUT2D eigenvalue weighted by molar-refractivity contribution is -0.249. The summed E-state index contributed by atoms with van der Waals surface area (Å²) in [5, 5.41) is 11.4. The Balaban J connectivity index is 1.96. The number of esters is 3. The molecule has 1 saturated heterocycles. The van der Waals surface area contributed by atoms with E-state index in [1.54, 1.807) is 12.1 Å². The number of carbonyl (C=O) groups is 3. The van der Waals surface area contributed by atoms with Gasteiger partial charge in [0.2, 0.25) is 0 Å². The van der Waals surface area contributed by atoms with Gasteiger partial charge in [-0.25, -0.2) is 0 Å². The van der Waals surface area contributed by atoms with E-state index in [2.05, 4.69) is 0 Å². The molecule has 37 heavy (non-hydrogen) atoms. The molecular weight excluding hydrogens is 504 g/mol. The molecule has 0 aromatic heterocycles. The van der Waals surface area contributed by atoms with E-state index in [0.29, 0.717) is 23.6 Å². The highest BCUT2D eigenvalue weighted by Crippen LogP contribution is 2.37. The Kier molecular flexibility index (Phi) is 9.91. The number of hydrogen-bond donors (Lipinski definition) is 1. The van der Waals surface area contributed by atoms with Gasteiger partial charge in [0.1, 0.15) is 30.7 Å². The van der Waals surface area contributed by atoms with Crippen LogP contribution in [0, 0.1) is 0 Å². The van der Waals surface area contributed by atoms with Crippen LogP contribution in [0.15, 0.2) is 42.5 Å². The van der Waals surface area contributed by atoms with Crippen LogP contribution in [0.1, 0.15) is 50.5 Å². The molecule has 1 heterocycles. The van der Waals surface area contributed by atoms with Crippen molar-refractivity contribution < 1.29 is 43.2 Å². The monoisotopic (exact) mass is 534 g/mol. The zero-order valence-corrected chi connectivity index (χ0v) is 21.9. The molecule has 1 N–H and O–H groups in total. The summed E-state index contributed by atoms with van der Waals surface area (Å²) in [5.74, 6) is -1.13. The first-order valence-electron chi connectivity index (χ1n) is 11.9. The topological polar surface area (TPSA) is 118 Å². The number of aliphatic hydroxyl groups is 1. The molecular formula is C27H31ClO9. The zero-order valence-electron chi connectivity index (χ0n) is 21.1. The van der Waals surface area contributed by atoms with Crippen molar-refractivity contribution in [2.45, 2.75) is 64.6 Å². The van der Waals surface area contributed by atoms with E-state index in [0.717, 1.165) is 16.9 Å². The molecule has 0 aliphatic carbocycles. The molecule has 0 radical (unpaired) electrons. The first-order valence-corrected chi connectivity index (χ1v) is 12.3. The molecule has 0 bridgehead atoms. The minimum Gasteiger partial charge on any atom is -0.494 e. The van der Waals surface area contributed by atoms with Crippen molar-refractivity contribution in [2.75, 3.05) is 13.2 Å². The second-order valence-electron chi connectivity index (χ2n) is 8.64. The van der Waals surface area contributed by atoms with Crippen molar-refractivity contribution in [3.63, 3.8) is 0 Å². The maximum atomic E-state index is 12.0. The standard InChI is InChI=1S/C27H31ClO9/c1-5-33-21-9-6-18(7-10-21)12-20-13-19(8-11-22(20)28)25-27(36-17(4)31)26(35-16(3)30)24(32)23(37-25)14-34-15(2)29/h6-11,13,23-27,32H,5,12,14H2,1-4H3/t23-,24-,25+,26+,27+/m1/s1. The van der Waals surface area contributed by atoms with Crippen LogP contribution in [-0.4, -0.2) is 60.6 Å². The van der Waals surface area contributed by atoms with E-state index in [1.165, 1.54) is 20.8 Å². The third-order valence-corrected chi connectivity index (χ3v) is 6.11. The van der Waals surface area contributed by atoms with Crippen molar-refractivity contribution in [3.8, 4) is 5.75 Å². The van der Waals surface area contributed by atoms with Crippen LogP contribution in [0.25, 0.3) is 0 Å². The third-order valence-electron chi connectivity index (χ3n) is 5.74. The van der Waals surface area contributed by atoms with Crippen LogP contribution < -0.4 is 4.74 Å². The fourth-order valence-electron chi connectivity index (χ4n) is 4.18. The molecule has 1 aliphatic heterocycles. The second-order valence-corrected chi connectivity index (χ2v) is 9.05. The van der Waals surface area contributed by atoms with Gasteiger partial charge in [-0.1, -0.05) is 35.9 Å². The Morgan fingerprint density at radius 1 is 0.946 bits per heavy atom. The first kappa shape index (κ1) is 28.4. The summed E-state index contributed by atoms with van der Waals surface area (Å²) in [5.41, 5.74) is 2.35. The van der Waals surface area contributed by atoms with Crippen LogP contribution in [0.4, 0.5) is 0 Å². The molecule has 0 amide bonds. The average molecular weight is 535 g/mol. The molecule has 0 spiro atoms. The van der Waals surface area contributed by atoms with Gasteiger partial charge in [0, 0.05) is 25.8 Å². The average Bonchev–Trinajstić information content (AvgIpc) is 2.83. The molecule has 9 nitrogen and oxygen atoms in total. The molecule has 1 fully saturated rings. The first-order chi connectivity index (χ1) is 17.6. The zero-order chi connectivity index (χ0) is 27.1. The van der Waals surface area contributed by atoms with Gasteiger partial charge in [-0.05, 0) is 48.2 Å². The Labute approximate surface area is 220 Å². The molecule has 3 rings (SSSR count). The van der Waals surface area contributed by atoms with Crippen LogP contribution in [-0.2, 0) is 39.8 Å². The van der Waals surface area contributed by atoms with Gasteiger partial charge in [0.25, 0.3) is 0 Å². The smallest absolute Gasteiger partial charge is 0.303 e. The largest absolute Gasteiger partial charge is 0.494 e. The lowest BCUT2D eigenvalue weighted by Gasteiger charge is -2.43. The normalized spacial score (nSPS) is 23.1. The molecule has 200 valence electrons.